The molecule has 0 fully saturated rings. The van der Waals surface area contributed by atoms with Crippen molar-refractivity contribution in [1.82, 2.24) is 0 Å². The Morgan fingerprint density at radius 2 is 2.07 bits per heavy atom. The normalized spacial score (nSPS) is 15.1. The molecule has 78 valence electrons. The van der Waals surface area contributed by atoms with Crippen LogP contribution in [0.4, 0.5) is 0 Å². The maximum absolute atomic E-state index is 9.24. The van der Waals surface area contributed by atoms with E-state index < -0.39 is 5.54 Å². The van der Waals surface area contributed by atoms with Gasteiger partial charge in [0, 0.05) is 12.1 Å². The van der Waals surface area contributed by atoms with Gasteiger partial charge in [-0.05, 0) is 43.5 Å². The van der Waals surface area contributed by atoms with Crippen LogP contribution in [0.25, 0.3) is 0 Å². The quantitative estimate of drug-likeness (QED) is 0.680. The summed E-state index contributed by atoms with van der Waals surface area (Å²) in [6, 6.07) is 5.10. The van der Waals surface area contributed by atoms with Crippen molar-refractivity contribution >= 4 is 0 Å². The van der Waals surface area contributed by atoms with Gasteiger partial charge in [-0.1, -0.05) is 6.07 Å². The van der Waals surface area contributed by atoms with Crippen LogP contribution in [0.15, 0.2) is 18.2 Å². The Labute approximate surface area is 84.2 Å². The number of rotatable bonds is 3. The smallest absolute Gasteiger partial charge is 0.115 e. The van der Waals surface area contributed by atoms with Crippen LogP contribution in [0.2, 0.25) is 0 Å². The van der Waals surface area contributed by atoms with E-state index in [1.807, 2.05) is 13.8 Å². The minimum atomic E-state index is -0.535. The van der Waals surface area contributed by atoms with Gasteiger partial charge in [0.2, 0.25) is 0 Å². The number of aliphatic hydroxyl groups excluding tert-OH is 1. The Bertz CT molecular complexity index is 321. The van der Waals surface area contributed by atoms with Crippen molar-refractivity contribution < 1.29 is 10.2 Å². The molecule has 0 radical (unpaired) electrons. The van der Waals surface area contributed by atoms with E-state index in [0.717, 1.165) is 11.1 Å². The van der Waals surface area contributed by atoms with Crippen LogP contribution in [0.1, 0.15) is 24.5 Å². The molecule has 4 N–H and O–H groups in total. The summed E-state index contributed by atoms with van der Waals surface area (Å²) >= 11 is 0. The van der Waals surface area contributed by atoms with E-state index in [2.05, 4.69) is 0 Å². The number of hydrogen-bond acceptors (Lipinski definition) is 3. The molecule has 0 saturated carbocycles. The summed E-state index contributed by atoms with van der Waals surface area (Å²) in [7, 11) is 0. The minimum Gasteiger partial charge on any atom is -0.508 e. The summed E-state index contributed by atoms with van der Waals surface area (Å²) in [5.74, 6) is 0.242. The van der Waals surface area contributed by atoms with E-state index in [1.165, 1.54) is 0 Å². The number of phenols is 1. The Morgan fingerprint density at radius 3 is 2.57 bits per heavy atom. The van der Waals surface area contributed by atoms with Gasteiger partial charge in [0.15, 0.2) is 0 Å². The molecule has 0 bridgehead atoms. The summed E-state index contributed by atoms with van der Waals surface area (Å²) in [5.41, 5.74) is 7.43. The van der Waals surface area contributed by atoms with Crippen molar-refractivity contribution in [3.63, 3.8) is 0 Å². The number of phenolic OH excluding ortho intramolecular Hbond substituents is 1. The third kappa shape index (κ3) is 2.25. The topological polar surface area (TPSA) is 66.5 Å². The molecular weight excluding hydrogens is 178 g/mol. The SMILES string of the molecule is Cc1cc(O)ccc1[C@](C)(N)CCO. The number of benzene rings is 1. The Morgan fingerprint density at radius 1 is 1.43 bits per heavy atom. The summed E-state index contributed by atoms with van der Waals surface area (Å²) in [4.78, 5) is 0. The molecular formula is C11H17NO2. The van der Waals surface area contributed by atoms with E-state index in [9.17, 15) is 5.11 Å². The van der Waals surface area contributed by atoms with Crippen LogP contribution in [-0.2, 0) is 5.54 Å². The fourth-order valence-corrected chi connectivity index (χ4v) is 1.66. The lowest BCUT2D eigenvalue weighted by Gasteiger charge is -2.26. The van der Waals surface area contributed by atoms with E-state index in [4.69, 9.17) is 10.8 Å². The first-order chi connectivity index (χ1) is 6.47. The highest BCUT2D eigenvalue weighted by atomic mass is 16.3. The molecule has 0 aliphatic heterocycles. The molecule has 0 aliphatic rings. The van der Waals surface area contributed by atoms with Gasteiger partial charge in [-0.2, -0.15) is 0 Å². The molecule has 0 amide bonds. The molecule has 1 aromatic rings. The van der Waals surface area contributed by atoms with Crippen molar-refractivity contribution in [2.45, 2.75) is 25.8 Å². The van der Waals surface area contributed by atoms with Gasteiger partial charge >= 0.3 is 0 Å². The van der Waals surface area contributed by atoms with Crippen molar-refractivity contribution in [1.29, 1.82) is 0 Å². The van der Waals surface area contributed by atoms with Gasteiger partial charge in [0.25, 0.3) is 0 Å². The first-order valence-corrected chi connectivity index (χ1v) is 4.67. The Hall–Kier alpha value is -1.06. The second-order valence-corrected chi connectivity index (χ2v) is 3.89. The van der Waals surface area contributed by atoms with E-state index in [0.29, 0.717) is 6.42 Å². The number of aryl methyl sites for hydroxylation is 1. The summed E-state index contributed by atoms with van der Waals surface area (Å²) in [6.45, 7) is 3.84. The molecule has 3 heteroatoms. The predicted octanol–water partition coefficient (Wildman–Crippen LogP) is 1.26. The minimum absolute atomic E-state index is 0.0628. The third-order valence-electron chi connectivity index (χ3n) is 2.46. The number of nitrogens with two attached hydrogens (primary N) is 1. The Kier molecular flexibility index (Phi) is 3.13. The molecule has 14 heavy (non-hydrogen) atoms. The van der Waals surface area contributed by atoms with Crippen LogP contribution in [-0.4, -0.2) is 16.8 Å². The third-order valence-corrected chi connectivity index (χ3v) is 2.46. The lowest BCUT2D eigenvalue weighted by molar-refractivity contribution is 0.247. The van der Waals surface area contributed by atoms with E-state index in [1.54, 1.807) is 18.2 Å². The molecule has 3 nitrogen and oxygen atoms in total. The van der Waals surface area contributed by atoms with E-state index in [-0.39, 0.29) is 12.4 Å². The molecule has 0 saturated heterocycles. The van der Waals surface area contributed by atoms with Crippen LogP contribution < -0.4 is 5.73 Å². The monoisotopic (exact) mass is 195 g/mol. The van der Waals surface area contributed by atoms with Crippen molar-refractivity contribution in [3.8, 4) is 5.75 Å². The lowest BCUT2D eigenvalue weighted by Crippen LogP contribution is -2.34. The average molecular weight is 195 g/mol. The average Bonchev–Trinajstić information content (AvgIpc) is 2.02. The maximum atomic E-state index is 9.24. The van der Waals surface area contributed by atoms with E-state index >= 15 is 0 Å². The first kappa shape index (κ1) is 11.0. The zero-order valence-electron chi connectivity index (χ0n) is 8.62. The largest absolute Gasteiger partial charge is 0.508 e. The summed E-state index contributed by atoms with van der Waals surface area (Å²) < 4.78 is 0. The van der Waals surface area contributed by atoms with Gasteiger partial charge in [0.05, 0.1) is 0 Å². The fourth-order valence-electron chi connectivity index (χ4n) is 1.66. The van der Waals surface area contributed by atoms with Crippen molar-refractivity contribution in [2.24, 2.45) is 5.73 Å². The first-order valence-electron chi connectivity index (χ1n) is 4.67. The summed E-state index contributed by atoms with van der Waals surface area (Å²) in [5, 5.41) is 18.1. The fraction of sp³-hybridized carbons (Fsp3) is 0.455. The van der Waals surface area contributed by atoms with Crippen LogP contribution in [0.3, 0.4) is 0 Å². The molecule has 0 heterocycles. The van der Waals surface area contributed by atoms with Crippen LogP contribution in [0.5, 0.6) is 5.75 Å². The second-order valence-electron chi connectivity index (χ2n) is 3.89. The maximum Gasteiger partial charge on any atom is 0.115 e. The van der Waals surface area contributed by atoms with Gasteiger partial charge in [-0.25, -0.2) is 0 Å². The standard InChI is InChI=1S/C11H17NO2/c1-8-7-9(14)3-4-10(8)11(2,12)5-6-13/h3-4,7,13-14H,5-6,12H2,1-2H3/t11-/m1/s1. The van der Waals surface area contributed by atoms with Crippen molar-refractivity contribution in [3.05, 3.63) is 29.3 Å². The van der Waals surface area contributed by atoms with Crippen LogP contribution in [0, 0.1) is 6.92 Å². The van der Waals surface area contributed by atoms with Gasteiger partial charge < -0.3 is 15.9 Å². The zero-order valence-corrected chi connectivity index (χ0v) is 8.62. The van der Waals surface area contributed by atoms with Crippen molar-refractivity contribution in [2.75, 3.05) is 6.61 Å². The molecule has 1 rings (SSSR count). The van der Waals surface area contributed by atoms with Crippen LogP contribution >= 0.6 is 0 Å². The van der Waals surface area contributed by atoms with Gasteiger partial charge in [0.1, 0.15) is 5.75 Å². The highest BCUT2D eigenvalue weighted by Crippen LogP contribution is 2.26. The second kappa shape index (κ2) is 3.98. The number of aliphatic hydroxyl groups is 1. The van der Waals surface area contributed by atoms with Gasteiger partial charge in [-0.3, -0.25) is 0 Å². The predicted molar refractivity (Wildman–Crippen MR) is 56.1 cm³/mol. The molecule has 0 aromatic heterocycles. The highest BCUT2D eigenvalue weighted by molar-refractivity contribution is 5.37. The van der Waals surface area contributed by atoms with Gasteiger partial charge in [-0.15, -0.1) is 0 Å². The highest BCUT2D eigenvalue weighted by Gasteiger charge is 2.22. The number of aromatic hydroxyl groups is 1. The Balaban J connectivity index is 3.06. The zero-order chi connectivity index (χ0) is 10.8. The lowest BCUT2D eigenvalue weighted by atomic mass is 9.87. The summed E-state index contributed by atoms with van der Waals surface area (Å²) in [6.07, 6.45) is 0.513. The number of hydrogen-bond donors (Lipinski definition) is 3. The molecule has 1 aromatic carbocycles. The molecule has 0 aliphatic carbocycles. The molecule has 1 atom stereocenters. The molecule has 0 unspecified atom stereocenters. The molecule has 0 spiro atoms.